The molecule has 1 rings (SSSR count). The minimum atomic E-state index is -0.806. The molecule has 2 unspecified atom stereocenters. The first-order chi connectivity index (χ1) is 4.61. The first-order valence-corrected chi connectivity index (χ1v) is 3.28. The Labute approximate surface area is 59.7 Å². The molecule has 0 spiro atoms. The average molecular weight is 141 g/mol. The van der Waals surface area contributed by atoms with E-state index in [1.807, 2.05) is 0 Å². The Kier molecular flexibility index (Phi) is 1.76. The van der Waals surface area contributed by atoms with E-state index in [0.717, 1.165) is 12.0 Å². The number of hydrogen-bond donors (Lipinski definition) is 2. The van der Waals surface area contributed by atoms with Gasteiger partial charge in [-0.25, -0.2) is 0 Å². The van der Waals surface area contributed by atoms with Crippen molar-refractivity contribution in [3.05, 3.63) is 12.2 Å². The van der Waals surface area contributed by atoms with Crippen molar-refractivity contribution in [2.75, 3.05) is 0 Å². The summed E-state index contributed by atoms with van der Waals surface area (Å²) in [4.78, 5) is 10.3. The SMILES string of the molecule is C=C1CC1NC(C)C(=O)O. The molecule has 1 aliphatic carbocycles. The standard InChI is InChI=1S/C7H11NO2/c1-4-3-6(4)8-5(2)7(9)10/h5-6,8H,1,3H2,2H3,(H,9,10). The van der Waals surface area contributed by atoms with Gasteiger partial charge in [-0.1, -0.05) is 12.2 Å². The number of rotatable bonds is 3. The fourth-order valence-corrected chi connectivity index (χ4v) is 0.753. The van der Waals surface area contributed by atoms with E-state index in [1.54, 1.807) is 6.92 Å². The summed E-state index contributed by atoms with van der Waals surface area (Å²) < 4.78 is 0. The van der Waals surface area contributed by atoms with Crippen LogP contribution < -0.4 is 5.32 Å². The molecule has 1 fully saturated rings. The molecular formula is C7H11NO2. The predicted molar refractivity (Wildman–Crippen MR) is 37.8 cm³/mol. The van der Waals surface area contributed by atoms with Crippen LogP contribution in [0.4, 0.5) is 0 Å². The maximum Gasteiger partial charge on any atom is 0.320 e. The van der Waals surface area contributed by atoms with Crippen molar-refractivity contribution in [2.45, 2.75) is 25.4 Å². The monoisotopic (exact) mass is 141 g/mol. The van der Waals surface area contributed by atoms with Crippen molar-refractivity contribution in [3.8, 4) is 0 Å². The van der Waals surface area contributed by atoms with Gasteiger partial charge in [0.05, 0.1) is 0 Å². The molecule has 1 aliphatic rings. The van der Waals surface area contributed by atoms with E-state index in [9.17, 15) is 4.79 Å². The van der Waals surface area contributed by atoms with Crippen LogP contribution in [0.3, 0.4) is 0 Å². The molecule has 0 amide bonds. The molecule has 3 heteroatoms. The summed E-state index contributed by atoms with van der Waals surface area (Å²) >= 11 is 0. The number of aliphatic carboxylic acids is 1. The molecule has 0 aromatic carbocycles. The van der Waals surface area contributed by atoms with Gasteiger partial charge in [0.15, 0.2) is 0 Å². The lowest BCUT2D eigenvalue weighted by Crippen LogP contribution is -2.35. The summed E-state index contributed by atoms with van der Waals surface area (Å²) in [7, 11) is 0. The zero-order chi connectivity index (χ0) is 7.72. The maximum atomic E-state index is 10.3. The predicted octanol–water partition coefficient (Wildman–Crippen LogP) is 0.378. The van der Waals surface area contributed by atoms with Gasteiger partial charge < -0.3 is 5.11 Å². The highest BCUT2D eigenvalue weighted by Gasteiger charge is 2.29. The van der Waals surface area contributed by atoms with Crippen molar-refractivity contribution in [3.63, 3.8) is 0 Å². The molecule has 0 bridgehead atoms. The lowest BCUT2D eigenvalue weighted by atomic mass is 10.3. The lowest BCUT2D eigenvalue weighted by Gasteiger charge is -2.05. The first-order valence-electron chi connectivity index (χ1n) is 3.28. The fourth-order valence-electron chi connectivity index (χ4n) is 0.753. The Balaban J connectivity index is 2.25. The molecular weight excluding hydrogens is 130 g/mol. The van der Waals surface area contributed by atoms with Gasteiger partial charge in [-0.05, 0) is 13.3 Å². The molecule has 0 heterocycles. The van der Waals surface area contributed by atoms with E-state index in [0.29, 0.717) is 0 Å². The van der Waals surface area contributed by atoms with Crippen LogP contribution in [0.15, 0.2) is 12.2 Å². The van der Waals surface area contributed by atoms with Crippen molar-refractivity contribution >= 4 is 5.97 Å². The summed E-state index contributed by atoms with van der Waals surface area (Å²) in [5.41, 5.74) is 1.10. The summed E-state index contributed by atoms with van der Waals surface area (Å²) in [6.45, 7) is 5.34. The van der Waals surface area contributed by atoms with Crippen LogP contribution in [-0.2, 0) is 4.79 Å². The molecule has 0 aromatic heterocycles. The van der Waals surface area contributed by atoms with Crippen molar-refractivity contribution in [2.24, 2.45) is 0 Å². The number of carboxylic acids is 1. The molecule has 0 aliphatic heterocycles. The highest BCUT2D eigenvalue weighted by atomic mass is 16.4. The van der Waals surface area contributed by atoms with Crippen LogP contribution in [0, 0.1) is 0 Å². The van der Waals surface area contributed by atoms with Gasteiger partial charge in [0.1, 0.15) is 6.04 Å². The topological polar surface area (TPSA) is 49.3 Å². The van der Waals surface area contributed by atoms with Crippen molar-refractivity contribution < 1.29 is 9.90 Å². The second-order valence-corrected chi connectivity index (χ2v) is 2.64. The average Bonchev–Trinajstić information content (AvgIpc) is 2.46. The highest BCUT2D eigenvalue weighted by molar-refractivity contribution is 5.73. The van der Waals surface area contributed by atoms with Crippen LogP contribution in [0.1, 0.15) is 13.3 Å². The van der Waals surface area contributed by atoms with E-state index in [1.165, 1.54) is 0 Å². The zero-order valence-electron chi connectivity index (χ0n) is 5.92. The second-order valence-electron chi connectivity index (χ2n) is 2.64. The van der Waals surface area contributed by atoms with Crippen LogP contribution in [0.2, 0.25) is 0 Å². The maximum absolute atomic E-state index is 10.3. The Bertz CT molecular complexity index is 176. The molecule has 2 N–H and O–H groups in total. The van der Waals surface area contributed by atoms with Gasteiger partial charge in [0.25, 0.3) is 0 Å². The number of hydrogen-bond acceptors (Lipinski definition) is 2. The van der Waals surface area contributed by atoms with Gasteiger partial charge in [-0.2, -0.15) is 0 Å². The molecule has 3 nitrogen and oxygen atoms in total. The van der Waals surface area contributed by atoms with Gasteiger partial charge in [0.2, 0.25) is 0 Å². The Hall–Kier alpha value is -0.830. The minimum Gasteiger partial charge on any atom is -0.480 e. The van der Waals surface area contributed by atoms with Crippen molar-refractivity contribution in [1.82, 2.24) is 5.32 Å². The van der Waals surface area contributed by atoms with E-state index in [2.05, 4.69) is 11.9 Å². The smallest absolute Gasteiger partial charge is 0.320 e. The number of carboxylic acid groups (broad SMARTS) is 1. The van der Waals surface area contributed by atoms with Gasteiger partial charge >= 0.3 is 5.97 Å². The minimum absolute atomic E-state index is 0.256. The van der Waals surface area contributed by atoms with Crippen LogP contribution in [0.5, 0.6) is 0 Å². The number of carbonyl (C=O) groups is 1. The van der Waals surface area contributed by atoms with E-state index >= 15 is 0 Å². The van der Waals surface area contributed by atoms with E-state index in [-0.39, 0.29) is 6.04 Å². The zero-order valence-corrected chi connectivity index (χ0v) is 5.92. The summed E-state index contributed by atoms with van der Waals surface area (Å²) in [6.07, 6.45) is 0.928. The summed E-state index contributed by atoms with van der Waals surface area (Å²) in [5.74, 6) is -0.806. The molecule has 1 saturated carbocycles. The molecule has 0 saturated heterocycles. The van der Waals surface area contributed by atoms with Crippen LogP contribution >= 0.6 is 0 Å². The largest absolute Gasteiger partial charge is 0.480 e. The molecule has 0 aromatic rings. The Morgan fingerprint density at radius 1 is 2.00 bits per heavy atom. The van der Waals surface area contributed by atoms with Gasteiger partial charge in [-0.3, -0.25) is 10.1 Å². The van der Waals surface area contributed by atoms with Crippen LogP contribution in [-0.4, -0.2) is 23.2 Å². The fraction of sp³-hybridized carbons (Fsp3) is 0.571. The molecule has 0 radical (unpaired) electrons. The summed E-state index contributed by atoms with van der Waals surface area (Å²) in [6, 6.07) is -0.199. The van der Waals surface area contributed by atoms with Gasteiger partial charge in [-0.15, -0.1) is 0 Å². The third kappa shape index (κ3) is 1.57. The van der Waals surface area contributed by atoms with Crippen LogP contribution in [0.25, 0.3) is 0 Å². The van der Waals surface area contributed by atoms with Crippen molar-refractivity contribution in [1.29, 1.82) is 0 Å². The first kappa shape index (κ1) is 7.28. The lowest BCUT2D eigenvalue weighted by molar-refractivity contribution is -0.139. The van der Waals surface area contributed by atoms with E-state index in [4.69, 9.17) is 5.11 Å². The quantitative estimate of drug-likeness (QED) is 0.558. The third-order valence-electron chi connectivity index (χ3n) is 1.62. The highest BCUT2D eigenvalue weighted by Crippen LogP contribution is 2.26. The Morgan fingerprint density at radius 3 is 2.80 bits per heavy atom. The molecule has 10 heavy (non-hydrogen) atoms. The Morgan fingerprint density at radius 2 is 2.50 bits per heavy atom. The second kappa shape index (κ2) is 2.42. The number of nitrogens with one attached hydrogen (secondary N) is 1. The normalized spacial score (nSPS) is 26.1. The van der Waals surface area contributed by atoms with E-state index < -0.39 is 12.0 Å². The van der Waals surface area contributed by atoms with Gasteiger partial charge in [0, 0.05) is 6.04 Å². The third-order valence-corrected chi connectivity index (χ3v) is 1.62. The molecule has 56 valence electrons. The molecule has 2 atom stereocenters. The summed E-state index contributed by atoms with van der Waals surface area (Å²) in [5, 5.41) is 11.4.